The Balaban J connectivity index is 1.56. The first-order valence-corrected chi connectivity index (χ1v) is 8.72. The number of benzene rings is 2. The van der Waals surface area contributed by atoms with Crippen LogP contribution in [0.4, 0.5) is 11.4 Å². The van der Waals surface area contributed by atoms with E-state index in [0.717, 1.165) is 0 Å². The Morgan fingerprint density at radius 2 is 1.69 bits per heavy atom. The summed E-state index contributed by atoms with van der Waals surface area (Å²) in [5.41, 5.74) is 1.48. The van der Waals surface area contributed by atoms with Gasteiger partial charge in [-0.3, -0.25) is 9.59 Å². The first-order chi connectivity index (χ1) is 14.1. The van der Waals surface area contributed by atoms with Crippen molar-refractivity contribution in [1.82, 2.24) is 0 Å². The summed E-state index contributed by atoms with van der Waals surface area (Å²) in [5, 5.41) is 16.9. The predicted molar refractivity (Wildman–Crippen MR) is 107 cm³/mol. The number of methoxy groups -OCH3 is 1. The molecule has 8 nitrogen and oxygen atoms in total. The topological polar surface area (TPSA) is 104 Å². The van der Waals surface area contributed by atoms with Gasteiger partial charge in [0.15, 0.2) is 12.8 Å². The second-order valence-electron chi connectivity index (χ2n) is 5.93. The molecule has 1 aromatic heterocycles. The lowest BCUT2D eigenvalue weighted by Gasteiger charge is -2.10. The number of pyridine rings is 1. The van der Waals surface area contributed by atoms with E-state index in [-0.39, 0.29) is 18.4 Å². The molecule has 0 radical (unpaired) electrons. The van der Waals surface area contributed by atoms with E-state index in [1.165, 1.54) is 19.4 Å². The molecule has 0 atom stereocenters. The van der Waals surface area contributed by atoms with E-state index in [9.17, 15) is 14.8 Å². The first-order valence-electron chi connectivity index (χ1n) is 8.72. The largest absolute Gasteiger partial charge is 0.616 e. The molecular weight excluding hydrogens is 374 g/mol. The third kappa shape index (κ3) is 5.23. The molecule has 2 amide bonds. The van der Waals surface area contributed by atoms with E-state index in [4.69, 9.17) is 9.47 Å². The van der Waals surface area contributed by atoms with Gasteiger partial charge in [-0.1, -0.05) is 12.1 Å². The van der Waals surface area contributed by atoms with Crippen LogP contribution in [0.2, 0.25) is 0 Å². The lowest BCUT2D eigenvalue weighted by molar-refractivity contribution is -0.612. The molecule has 8 heteroatoms. The van der Waals surface area contributed by atoms with Crippen molar-refractivity contribution in [2.24, 2.45) is 0 Å². The van der Waals surface area contributed by atoms with Crippen LogP contribution in [0, 0.1) is 5.21 Å². The van der Waals surface area contributed by atoms with Crippen molar-refractivity contribution < 1.29 is 23.8 Å². The number of amides is 2. The van der Waals surface area contributed by atoms with Crippen LogP contribution in [0.5, 0.6) is 11.6 Å². The van der Waals surface area contributed by atoms with E-state index >= 15 is 0 Å². The maximum atomic E-state index is 12.4. The molecule has 3 rings (SSSR count). The summed E-state index contributed by atoms with van der Waals surface area (Å²) in [6, 6.07) is 18.1. The van der Waals surface area contributed by atoms with Crippen molar-refractivity contribution in [1.29, 1.82) is 0 Å². The summed E-state index contributed by atoms with van der Waals surface area (Å²) in [7, 11) is 1.53. The Kier molecular flexibility index (Phi) is 6.26. The van der Waals surface area contributed by atoms with Crippen molar-refractivity contribution >= 4 is 23.2 Å². The second-order valence-corrected chi connectivity index (χ2v) is 5.93. The fourth-order valence-electron chi connectivity index (χ4n) is 2.51. The number of carbonyl (C=O) groups is 2. The zero-order valence-electron chi connectivity index (χ0n) is 15.6. The van der Waals surface area contributed by atoms with Crippen molar-refractivity contribution in [2.75, 3.05) is 24.4 Å². The van der Waals surface area contributed by atoms with E-state index in [2.05, 4.69) is 10.6 Å². The molecule has 0 saturated heterocycles. The summed E-state index contributed by atoms with van der Waals surface area (Å²) in [5.74, 6) is -0.145. The zero-order valence-corrected chi connectivity index (χ0v) is 15.6. The highest BCUT2D eigenvalue weighted by Crippen LogP contribution is 2.23. The molecule has 0 aliphatic rings. The van der Waals surface area contributed by atoms with Gasteiger partial charge < -0.3 is 25.3 Å². The minimum Gasteiger partial charge on any atom is -0.616 e. The van der Waals surface area contributed by atoms with Gasteiger partial charge in [0.2, 0.25) is 0 Å². The van der Waals surface area contributed by atoms with Crippen LogP contribution in [-0.2, 0) is 4.79 Å². The van der Waals surface area contributed by atoms with Gasteiger partial charge >= 0.3 is 5.88 Å². The minimum absolute atomic E-state index is 0.0333. The highest BCUT2D eigenvalue weighted by Gasteiger charge is 2.11. The van der Waals surface area contributed by atoms with Gasteiger partial charge in [-0.05, 0) is 42.5 Å². The molecule has 0 fully saturated rings. The molecule has 148 valence electrons. The van der Waals surface area contributed by atoms with Crippen LogP contribution in [0.25, 0.3) is 0 Å². The van der Waals surface area contributed by atoms with E-state index < -0.39 is 5.91 Å². The molecular formula is C21H19N3O5. The van der Waals surface area contributed by atoms with Gasteiger partial charge in [-0.25, -0.2) is 0 Å². The van der Waals surface area contributed by atoms with Crippen LogP contribution in [0.3, 0.4) is 0 Å². The average Bonchev–Trinajstić information content (AvgIpc) is 2.74. The molecule has 2 N–H and O–H groups in total. The quantitative estimate of drug-likeness (QED) is 0.474. The molecule has 2 aromatic carbocycles. The van der Waals surface area contributed by atoms with Gasteiger partial charge in [-0.15, -0.1) is 4.73 Å². The number of anilines is 2. The van der Waals surface area contributed by atoms with Crippen LogP contribution in [-0.4, -0.2) is 25.5 Å². The fourth-order valence-corrected chi connectivity index (χ4v) is 2.51. The number of hydrogen-bond acceptors (Lipinski definition) is 5. The van der Waals surface area contributed by atoms with Crippen LogP contribution in [0.15, 0.2) is 72.9 Å². The van der Waals surface area contributed by atoms with Gasteiger partial charge in [0, 0.05) is 17.3 Å². The van der Waals surface area contributed by atoms with Crippen molar-refractivity contribution in [3.8, 4) is 11.6 Å². The standard InChI is InChI=1S/C21H19N3O5/c1-28-18-7-3-2-6-17(18)23-21(26)15-9-11-16(12-10-15)22-19(25)14-29-20-8-4-5-13-24(20)27/h2-13H,14H2,1H3,(H,22,25)(H,23,26). The van der Waals surface area contributed by atoms with Crippen molar-refractivity contribution in [3.63, 3.8) is 0 Å². The van der Waals surface area contributed by atoms with E-state index in [1.807, 2.05) is 6.07 Å². The Labute approximate surface area is 167 Å². The second kappa shape index (κ2) is 9.23. The molecule has 0 spiro atoms. The molecule has 3 aromatic rings. The minimum atomic E-state index is -0.430. The van der Waals surface area contributed by atoms with Gasteiger partial charge in [-0.2, -0.15) is 0 Å². The van der Waals surface area contributed by atoms with E-state index in [1.54, 1.807) is 54.6 Å². The lowest BCUT2D eigenvalue weighted by atomic mass is 10.2. The highest BCUT2D eigenvalue weighted by molar-refractivity contribution is 6.05. The molecule has 0 bridgehead atoms. The number of carbonyl (C=O) groups excluding carboxylic acids is 2. The average molecular weight is 393 g/mol. The van der Waals surface area contributed by atoms with Crippen molar-refractivity contribution in [3.05, 3.63) is 83.7 Å². The van der Waals surface area contributed by atoms with Gasteiger partial charge in [0.25, 0.3) is 11.8 Å². The fraction of sp³-hybridized carbons (Fsp3) is 0.0952. The first kappa shape index (κ1) is 19.7. The van der Waals surface area contributed by atoms with Crippen LogP contribution in [0.1, 0.15) is 10.4 Å². The summed E-state index contributed by atoms with van der Waals surface area (Å²) in [4.78, 5) is 24.4. The summed E-state index contributed by atoms with van der Waals surface area (Å²) in [6.07, 6.45) is 1.28. The summed E-state index contributed by atoms with van der Waals surface area (Å²) in [6.45, 7) is -0.317. The Morgan fingerprint density at radius 1 is 0.966 bits per heavy atom. The predicted octanol–water partition coefficient (Wildman–Crippen LogP) is 2.60. The Hall–Kier alpha value is -4.07. The summed E-state index contributed by atoms with van der Waals surface area (Å²) >= 11 is 0. The number of ether oxygens (including phenoxy) is 2. The Morgan fingerprint density at radius 3 is 2.41 bits per heavy atom. The smallest absolute Gasteiger partial charge is 0.379 e. The van der Waals surface area contributed by atoms with Crippen LogP contribution >= 0.6 is 0 Å². The molecule has 0 aliphatic heterocycles. The maximum absolute atomic E-state index is 12.4. The molecule has 1 heterocycles. The SMILES string of the molecule is COc1ccccc1NC(=O)c1ccc(NC(=O)COc2cccc[n+]2[O-])cc1. The number of rotatable bonds is 7. The Bertz CT molecular complexity index is 1010. The molecule has 29 heavy (non-hydrogen) atoms. The number of nitrogens with zero attached hydrogens (tertiary/aromatic N) is 1. The molecule has 0 unspecified atom stereocenters. The zero-order chi connectivity index (χ0) is 20.6. The monoisotopic (exact) mass is 393 g/mol. The summed E-state index contributed by atoms with van der Waals surface area (Å²) < 4.78 is 10.9. The number of aromatic nitrogens is 1. The normalized spacial score (nSPS) is 10.1. The number of para-hydroxylation sites is 2. The van der Waals surface area contributed by atoms with E-state index in [0.29, 0.717) is 27.4 Å². The van der Waals surface area contributed by atoms with Crippen molar-refractivity contribution in [2.45, 2.75) is 0 Å². The maximum Gasteiger partial charge on any atom is 0.379 e. The number of hydrogen-bond donors (Lipinski definition) is 2. The molecule has 0 saturated carbocycles. The third-order valence-electron chi connectivity index (χ3n) is 3.93. The molecule has 0 aliphatic carbocycles. The lowest BCUT2D eigenvalue weighted by Crippen LogP contribution is -2.30. The highest BCUT2D eigenvalue weighted by atomic mass is 16.6. The number of nitrogens with one attached hydrogen (secondary N) is 2. The van der Waals surface area contributed by atoms with Gasteiger partial charge in [0.05, 0.1) is 18.9 Å². The van der Waals surface area contributed by atoms with Crippen LogP contribution < -0.4 is 24.8 Å². The van der Waals surface area contributed by atoms with Gasteiger partial charge in [0.1, 0.15) is 5.75 Å². The third-order valence-corrected chi connectivity index (χ3v) is 3.93.